The van der Waals surface area contributed by atoms with Gasteiger partial charge in [-0.25, -0.2) is 4.79 Å². The van der Waals surface area contributed by atoms with Crippen LogP contribution in [0, 0.1) is 0 Å². The van der Waals surface area contributed by atoms with Crippen LogP contribution < -0.4 is 17.2 Å². The molecule has 1 aromatic carbocycles. The molecule has 3 heterocycles. The van der Waals surface area contributed by atoms with E-state index in [2.05, 4.69) is 25.9 Å². The van der Waals surface area contributed by atoms with Crippen LogP contribution in [0.4, 0.5) is 0 Å². The van der Waals surface area contributed by atoms with E-state index in [1.165, 1.54) is 0 Å². The summed E-state index contributed by atoms with van der Waals surface area (Å²) >= 11 is 0. The van der Waals surface area contributed by atoms with Gasteiger partial charge in [0.15, 0.2) is 5.96 Å². The van der Waals surface area contributed by atoms with Gasteiger partial charge in [0.1, 0.15) is 5.65 Å². The first kappa shape index (κ1) is 17.5. The fraction of sp³-hybridized carbons (Fsp3) is 0.421. The zero-order chi connectivity index (χ0) is 18.8. The molecule has 1 aliphatic rings. The van der Waals surface area contributed by atoms with Crippen LogP contribution in [-0.2, 0) is 0 Å². The Morgan fingerprint density at radius 1 is 1.26 bits per heavy atom. The predicted octanol–water partition coefficient (Wildman–Crippen LogP) is 1.18. The van der Waals surface area contributed by atoms with E-state index >= 15 is 0 Å². The van der Waals surface area contributed by atoms with E-state index in [0.717, 1.165) is 55.2 Å². The fourth-order valence-corrected chi connectivity index (χ4v) is 3.88. The SMILES string of the molecule is NC(N)=NCCCCN1CCC(n2cc3c(nc2=O)[nH]c2ccccc23)C1. The van der Waals surface area contributed by atoms with Gasteiger partial charge >= 0.3 is 5.69 Å². The summed E-state index contributed by atoms with van der Waals surface area (Å²) in [5.41, 5.74) is 12.2. The molecule has 5 N–H and O–H groups in total. The number of likely N-dealkylation sites (tertiary alicyclic amines) is 1. The highest BCUT2D eigenvalue weighted by molar-refractivity contribution is 6.05. The smallest absolute Gasteiger partial charge is 0.349 e. The highest BCUT2D eigenvalue weighted by atomic mass is 16.1. The molecule has 0 amide bonds. The predicted molar refractivity (Wildman–Crippen MR) is 108 cm³/mol. The van der Waals surface area contributed by atoms with Gasteiger partial charge in [-0.15, -0.1) is 0 Å². The van der Waals surface area contributed by atoms with Crippen molar-refractivity contribution < 1.29 is 0 Å². The maximum absolute atomic E-state index is 12.5. The molecule has 1 aliphatic heterocycles. The van der Waals surface area contributed by atoms with Crippen LogP contribution in [0.1, 0.15) is 25.3 Å². The van der Waals surface area contributed by atoms with Crippen molar-refractivity contribution >= 4 is 27.9 Å². The van der Waals surface area contributed by atoms with Crippen molar-refractivity contribution in [2.24, 2.45) is 16.5 Å². The largest absolute Gasteiger partial charge is 0.370 e. The first-order chi connectivity index (χ1) is 13.1. The van der Waals surface area contributed by atoms with E-state index in [1.807, 2.05) is 29.0 Å². The number of aromatic amines is 1. The normalized spacial score (nSPS) is 17.7. The highest BCUT2D eigenvalue weighted by Gasteiger charge is 2.25. The van der Waals surface area contributed by atoms with Gasteiger partial charge in [0.05, 0.1) is 6.04 Å². The minimum atomic E-state index is -0.186. The summed E-state index contributed by atoms with van der Waals surface area (Å²) in [5, 5.41) is 2.10. The summed E-state index contributed by atoms with van der Waals surface area (Å²) in [5.74, 6) is 0.149. The molecule has 8 nitrogen and oxygen atoms in total. The molecule has 27 heavy (non-hydrogen) atoms. The summed E-state index contributed by atoms with van der Waals surface area (Å²) in [7, 11) is 0. The molecule has 1 saturated heterocycles. The van der Waals surface area contributed by atoms with Crippen LogP contribution in [-0.4, -0.2) is 51.6 Å². The number of benzene rings is 1. The van der Waals surface area contributed by atoms with Crippen molar-refractivity contribution in [3.63, 3.8) is 0 Å². The Bertz CT molecular complexity index is 1030. The van der Waals surface area contributed by atoms with E-state index < -0.39 is 0 Å². The molecule has 0 bridgehead atoms. The minimum absolute atomic E-state index is 0.149. The lowest BCUT2D eigenvalue weighted by Gasteiger charge is -2.16. The van der Waals surface area contributed by atoms with Gasteiger partial charge in [-0.3, -0.25) is 9.56 Å². The molecule has 142 valence electrons. The van der Waals surface area contributed by atoms with Gasteiger partial charge in [0.25, 0.3) is 0 Å². The number of guanidine groups is 1. The average molecular weight is 367 g/mol. The monoisotopic (exact) mass is 367 g/mol. The van der Waals surface area contributed by atoms with Crippen LogP contribution >= 0.6 is 0 Å². The lowest BCUT2D eigenvalue weighted by atomic mass is 10.2. The molecule has 0 saturated carbocycles. The van der Waals surface area contributed by atoms with Gasteiger partial charge < -0.3 is 21.4 Å². The number of rotatable bonds is 6. The number of nitrogens with one attached hydrogen (secondary N) is 1. The van der Waals surface area contributed by atoms with E-state index in [4.69, 9.17) is 11.5 Å². The fourth-order valence-electron chi connectivity index (χ4n) is 3.88. The maximum atomic E-state index is 12.5. The Balaban J connectivity index is 1.46. The summed E-state index contributed by atoms with van der Waals surface area (Å²) < 4.78 is 1.81. The number of hydrogen-bond donors (Lipinski definition) is 3. The Labute approximate surface area is 156 Å². The average Bonchev–Trinajstić information content (AvgIpc) is 3.24. The first-order valence-corrected chi connectivity index (χ1v) is 9.39. The van der Waals surface area contributed by atoms with E-state index in [1.54, 1.807) is 0 Å². The molecule has 0 aliphatic carbocycles. The van der Waals surface area contributed by atoms with E-state index in [-0.39, 0.29) is 17.7 Å². The number of hydrogen-bond acceptors (Lipinski definition) is 4. The summed E-state index contributed by atoms with van der Waals surface area (Å²) in [6.07, 6.45) is 4.93. The molecule has 3 aromatic rings. The van der Waals surface area contributed by atoms with Gasteiger partial charge in [-0.05, 0) is 31.9 Å². The molecule has 2 aromatic heterocycles. The number of para-hydroxylation sites is 1. The molecule has 0 spiro atoms. The third-order valence-corrected chi connectivity index (χ3v) is 5.24. The number of aromatic nitrogens is 3. The van der Waals surface area contributed by atoms with Gasteiger partial charge in [-0.1, -0.05) is 18.2 Å². The molecule has 8 heteroatoms. The van der Waals surface area contributed by atoms with Crippen molar-refractivity contribution in [2.45, 2.75) is 25.3 Å². The second-order valence-corrected chi connectivity index (χ2v) is 7.12. The molecule has 1 unspecified atom stereocenters. The Kier molecular flexibility index (Phi) is 4.81. The second-order valence-electron chi connectivity index (χ2n) is 7.12. The minimum Gasteiger partial charge on any atom is -0.370 e. The van der Waals surface area contributed by atoms with Gasteiger partial charge in [0.2, 0.25) is 0 Å². The number of aliphatic imine (C=N–C) groups is 1. The summed E-state index contributed by atoms with van der Waals surface area (Å²) in [6.45, 7) is 3.53. The van der Waals surface area contributed by atoms with Crippen molar-refractivity contribution in [3.05, 3.63) is 40.9 Å². The molecule has 0 radical (unpaired) electrons. The van der Waals surface area contributed by atoms with Gasteiger partial charge in [0, 0.05) is 42.1 Å². The molecule has 4 rings (SSSR count). The lowest BCUT2D eigenvalue weighted by Crippen LogP contribution is -2.29. The first-order valence-electron chi connectivity index (χ1n) is 9.39. The van der Waals surface area contributed by atoms with E-state index in [9.17, 15) is 4.79 Å². The van der Waals surface area contributed by atoms with Crippen molar-refractivity contribution in [1.29, 1.82) is 0 Å². The third-order valence-electron chi connectivity index (χ3n) is 5.24. The van der Waals surface area contributed by atoms with Gasteiger partial charge in [-0.2, -0.15) is 4.98 Å². The number of nitrogens with two attached hydrogens (primary N) is 2. The number of unbranched alkanes of at least 4 members (excludes halogenated alkanes) is 1. The summed E-state index contributed by atoms with van der Waals surface area (Å²) in [4.78, 5) is 26.5. The maximum Gasteiger partial charge on any atom is 0.349 e. The van der Waals surface area contributed by atoms with Crippen LogP contribution in [0.2, 0.25) is 0 Å². The molecule has 1 atom stereocenters. The third kappa shape index (κ3) is 3.66. The Morgan fingerprint density at radius 3 is 2.96 bits per heavy atom. The highest BCUT2D eigenvalue weighted by Crippen LogP contribution is 2.25. The number of H-pyrrole nitrogens is 1. The molecular formula is C19H25N7O. The standard InChI is InChI=1S/C19H25N7O/c20-18(21)22-8-3-4-9-25-10-7-13(11-25)26-12-15-14-5-1-2-6-16(14)23-17(15)24-19(26)27/h1-2,5-6,12-13H,3-4,7-11H2,(H4,20,21,22)(H,23,24,27). The van der Waals surface area contributed by atoms with Crippen LogP contribution in [0.25, 0.3) is 21.9 Å². The van der Waals surface area contributed by atoms with E-state index in [0.29, 0.717) is 12.2 Å². The topological polar surface area (TPSA) is 118 Å². The van der Waals surface area contributed by atoms with Crippen LogP contribution in [0.3, 0.4) is 0 Å². The quantitative estimate of drug-likeness (QED) is 0.343. The lowest BCUT2D eigenvalue weighted by molar-refractivity contribution is 0.315. The van der Waals surface area contributed by atoms with Crippen molar-refractivity contribution in [2.75, 3.05) is 26.2 Å². The second kappa shape index (κ2) is 7.40. The molecule has 1 fully saturated rings. The van der Waals surface area contributed by atoms with Crippen molar-refractivity contribution in [3.8, 4) is 0 Å². The zero-order valence-electron chi connectivity index (χ0n) is 15.3. The zero-order valence-corrected chi connectivity index (χ0v) is 15.3. The van der Waals surface area contributed by atoms with Crippen LogP contribution in [0.5, 0.6) is 0 Å². The number of nitrogens with zero attached hydrogens (tertiary/aromatic N) is 4. The molecular weight excluding hydrogens is 342 g/mol. The Morgan fingerprint density at radius 2 is 2.11 bits per heavy atom. The van der Waals surface area contributed by atoms with Crippen LogP contribution in [0.15, 0.2) is 40.2 Å². The summed E-state index contributed by atoms with van der Waals surface area (Å²) in [6, 6.07) is 8.21. The number of fused-ring (bicyclic) bond motifs is 3. The van der Waals surface area contributed by atoms with Crippen molar-refractivity contribution in [1.82, 2.24) is 19.4 Å². The Hall–Kier alpha value is -2.87.